The fourth-order valence-corrected chi connectivity index (χ4v) is 1.43. The first-order chi connectivity index (χ1) is 6.99. The first-order valence-corrected chi connectivity index (χ1v) is 4.95. The van der Waals surface area contributed by atoms with E-state index in [0.29, 0.717) is 12.8 Å². The number of hydrogen-bond donors (Lipinski definition) is 4. The fourth-order valence-electron chi connectivity index (χ4n) is 1.43. The maximum absolute atomic E-state index is 11.6. The van der Waals surface area contributed by atoms with Crippen LogP contribution in [0.5, 0.6) is 0 Å². The summed E-state index contributed by atoms with van der Waals surface area (Å²) in [5.74, 6) is -0.470. The number of amides is 1. The van der Waals surface area contributed by atoms with Gasteiger partial charge in [0.25, 0.3) is 0 Å². The van der Waals surface area contributed by atoms with Crippen LogP contribution in [0.15, 0.2) is 0 Å². The summed E-state index contributed by atoms with van der Waals surface area (Å²) in [5, 5.41) is 14.7. The molecule has 0 spiro atoms. The second kappa shape index (κ2) is 4.69. The summed E-state index contributed by atoms with van der Waals surface area (Å²) in [6, 6.07) is 0. The van der Waals surface area contributed by atoms with Crippen molar-refractivity contribution in [3.05, 3.63) is 0 Å². The average molecular weight is 215 g/mol. The quantitative estimate of drug-likeness (QED) is 0.319. The number of carbonyl (C=O) groups is 2. The third kappa shape index (κ3) is 2.74. The lowest BCUT2D eigenvalue weighted by Gasteiger charge is -2.28. The van der Waals surface area contributed by atoms with E-state index in [-0.39, 0.29) is 11.8 Å². The van der Waals surface area contributed by atoms with Gasteiger partial charge in [-0.15, -0.1) is 0 Å². The molecule has 15 heavy (non-hydrogen) atoms. The summed E-state index contributed by atoms with van der Waals surface area (Å²) in [5.41, 5.74) is 3.86. The molecule has 1 saturated heterocycles. The molecular weight excluding hydrogens is 198 g/mol. The second-order valence-corrected chi connectivity index (χ2v) is 3.91. The van der Waals surface area contributed by atoms with Crippen LogP contribution >= 0.6 is 0 Å². The molecule has 6 nitrogen and oxygen atoms in total. The van der Waals surface area contributed by atoms with E-state index in [2.05, 4.69) is 10.6 Å². The van der Waals surface area contributed by atoms with Gasteiger partial charge in [-0.2, -0.15) is 0 Å². The SMILES string of the molecule is C[C@@H](O)[C@@](N)(C=O)NC(=O)[C@H]1CCNC1. The van der Waals surface area contributed by atoms with Crippen molar-refractivity contribution in [1.29, 1.82) is 0 Å². The molecule has 0 saturated carbocycles. The predicted molar refractivity (Wildman–Crippen MR) is 53.8 cm³/mol. The van der Waals surface area contributed by atoms with E-state index in [0.717, 1.165) is 13.0 Å². The average Bonchev–Trinajstić information content (AvgIpc) is 2.70. The zero-order chi connectivity index (χ0) is 11.5. The Balaban J connectivity index is 2.58. The predicted octanol–water partition coefficient (Wildman–Crippen LogP) is -2.05. The van der Waals surface area contributed by atoms with Crippen molar-refractivity contribution in [2.75, 3.05) is 13.1 Å². The monoisotopic (exact) mass is 215 g/mol. The minimum Gasteiger partial charge on any atom is -0.389 e. The third-order valence-electron chi connectivity index (χ3n) is 2.66. The second-order valence-electron chi connectivity index (χ2n) is 3.91. The van der Waals surface area contributed by atoms with E-state index >= 15 is 0 Å². The maximum Gasteiger partial charge on any atom is 0.226 e. The van der Waals surface area contributed by atoms with Gasteiger partial charge in [0, 0.05) is 6.54 Å². The van der Waals surface area contributed by atoms with Crippen LogP contribution < -0.4 is 16.4 Å². The van der Waals surface area contributed by atoms with E-state index in [1.807, 2.05) is 0 Å². The van der Waals surface area contributed by atoms with Crippen LogP contribution in [0, 0.1) is 5.92 Å². The molecule has 1 fully saturated rings. The molecule has 0 aliphatic carbocycles. The molecule has 0 radical (unpaired) electrons. The minimum absolute atomic E-state index is 0.174. The van der Waals surface area contributed by atoms with Crippen LogP contribution in [-0.2, 0) is 9.59 Å². The summed E-state index contributed by atoms with van der Waals surface area (Å²) in [4.78, 5) is 22.3. The van der Waals surface area contributed by atoms with Crippen LogP contribution in [0.1, 0.15) is 13.3 Å². The molecule has 0 bridgehead atoms. The number of carbonyl (C=O) groups excluding carboxylic acids is 2. The van der Waals surface area contributed by atoms with Crippen LogP contribution in [0.2, 0.25) is 0 Å². The summed E-state index contributed by atoms with van der Waals surface area (Å²) in [6.45, 7) is 2.73. The number of nitrogens with one attached hydrogen (secondary N) is 2. The normalized spacial score (nSPS) is 26.7. The van der Waals surface area contributed by atoms with Crippen LogP contribution in [0.25, 0.3) is 0 Å². The van der Waals surface area contributed by atoms with Gasteiger partial charge >= 0.3 is 0 Å². The number of hydrogen-bond acceptors (Lipinski definition) is 5. The molecule has 1 aliphatic rings. The van der Waals surface area contributed by atoms with Crippen molar-refractivity contribution in [1.82, 2.24) is 10.6 Å². The topological polar surface area (TPSA) is 104 Å². The van der Waals surface area contributed by atoms with Gasteiger partial charge < -0.3 is 21.5 Å². The molecule has 1 heterocycles. The Labute approximate surface area is 88.2 Å². The van der Waals surface area contributed by atoms with Crippen molar-refractivity contribution >= 4 is 12.2 Å². The highest BCUT2D eigenvalue weighted by Crippen LogP contribution is 2.09. The van der Waals surface area contributed by atoms with Gasteiger partial charge in [-0.3, -0.25) is 9.59 Å². The molecule has 6 heteroatoms. The maximum atomic E-state index is 11.6. The summed E-state index contributed by atoms with van der Waals surface area (Å²) < 4.78 is 0. The molecule has 1 aliphatic heterocycles. The van der Waals surface area contributed by atoms with Crippen LogP contribution in [0.3, 0.4) is 0 Å². The molecule has 3 atom stereocenters. The molecule has 1 rings (SSSR count). The highest BCUT2D eigenvalue weighted by atomic mass is 16.3. The van der Waals surface area contributed by atoms with Crippen LogP contribution in [-0.4, -0.2) is 42.2 Å². The van der Waals surface area contributed by atoms with Gasteiger partial charge in [0.2, 0.25) is 5.91 Å². The Morgan fingerprint density at radius 1 is 1.80 bits per heavy atom. The largest absolute Gasteiger partial charge is 0.389 e. The van der Waals surface area contributed by atoms with E-state index < -0.39 is 11.8 Å². The smallest absolute Gasteiger partial charge is 0.226 e. The standard InChI is InChI=1S/C9H17N3O3/c1-6(14)9(10,5-13)12-8(15)7-2-3-11-4-7/h5-7,11,14H,2-4,10H2,1H3,(H,12,15)/t6-,7+,9-/m1/s1. The van der Waals surface area contributed by atoms with E-state index in [1.165, 1.54) is 6.92 Å². The number of aliphatic hydroxyl groups excluding tert-OH is 1. The zero-order valence-electron chi connectivity index (χ0n) is 8.69. The molecule has 5 N–H and O–H groups in total. The van der Waals surface area contributed by atoms with Gasteiger partial charge in [-0.25, -0.2) is 0 Å². The lowest BCUT2D eigenvalue weighted by molar-refractivity contribution is -0.132. The number of aldehydes is 1. The van der Waals surface area contributed by atoms with Gasteiger partial charge in [-0.05, 0) is 19.9 Å². The van der Waals surface area contributed by atoms with Gasteiger partial charge in [0.1, 0.15) is 0 Å². The molecular formula is C9H17N3O3. The molecule has 0 aromatic rings. The van der Waals surface area contributed by atoms with Crippen LogP contribution in [0.4, 0.5) is 0 Å². The molecule has 0 unspecified atom stereocenters. The third-order valence-corrected chi connectivity index (χ3v) is 2.66. The van der Waals surface area contributed by atoms with Gasteiger partial charge in [0.05, 0.1) is 12.0 Å². The van der Waals surface area contributed by atoms with Crippen molar-refractivity contribution in [2.24, 2.45) is 11.7 Å². The van der Waals surface area contributed by atoms with Gasteiger partial charge in [0.15, 0.2) is 11.9 Å². The summed E-state index contributed by atoms with van der Waals surface area (Å²) in [6.07, 6.45) is -0.0354. The molecule has 0 aromatic heterocycles. The van der Waals surface area contributed by atoms with Crippen molar-refractivity contribution in [2.45, 2.75) is 25.1 Å². The zero-order valence-corrected chi connectivity index (χ0v) is 8.69. The van der Waals surface area contributed by atoms with Gasteiger partial charge in [-0.1, -0.05) is 0 Å². The first kappa shape index (κ1) is 12.1. The first-order valence-electron chi connectivity index (χ1n) is 4.95. The Kier molecular flexibility index (Phi) is 3.78. The highest BCUT2D eigenvalue weighted by Gasteiger charge is 2.35. The summed E-state index contributed by atoms with van der Waals surface area (Å²) >= 11 is 0. The van der Waals surface area contributed by atoms with Crippen molar-refractivity contribution in [3.8, 4) is 0 Å². The number of aliphatic hydroxyl groups is 1. The van der Waals surface area contributed by atoms with E-state index in [9.17, 15) is 14.7 Å². The van der Waals surface area contributed by atoms with Crippen molar-refractivity contribution < 1.29 is 14.7 Å². The number of nitrogens with two attached hydrogens (primary N) is 1. The Morgan fingerprint density at radius 3 is 2.87 bits per heavy atom. The molecule has 1 amide bonds. The summed E-state index contributed by atoms with van der Waals surface area (Å²) in [7, 11) is 0. The highest BCUT2D eigenvalue weighted by molar-refractivity contribution is 5.84. The lowest BCUT2D eigenvalue weighted by Crippen LogP contribution is -2.64. The number of rotatable bonds is 4. The Bertz CT molecular complexity index is 251. The van der Waals surface area contributed by atoms with E-state index in [1.54, 1.807) is 0 Å². The lowest BCUT2D eigenvalue weighted by atomic mass is 10.0. The Hall–Kier alpha value is -0.980. The van der Waals surface area contributed by atoms with E-state index in [4.69, 9.17) is 5.73 Å². The Morgan fingerprint density at radius 2 is 2.47 bits per heavy atom. The molecule has 86 valence electrons. The fraction of sp³-hybridized carbons (Fsp3) is 0.778. The van der Waals surface area contributed by atoms with Crippen molar-refractivity contribution in [3.63, 3.8) is 0 Å². The molecule has 0 aromatic carbocycles. The minimum atomic E-state index is -1.68.